The maximum Gasteiger partial charge on any atom is 0.127 e. The fourth-order valence-electron chi connectivity index (χ4n) is 2.65. The predicted octanol–water partition coefficient (Wildman–Crippen LogP) is 4.96. The van der Waals surface area contributed by atoms with Gasteiger partial charge in [0.15, 0.2) is 0 Å². The van der Waals surface area contributed by atoms with Crippen LogP contribution in [0.25, 0.3) is 10.8 Å². The first-order valence-corrected chi connectivity index (χ1v) is 8.23. The lowest BCUT2D eigenvalue weighted by Gasteiger charge is -2.27. The molecule has 2 aromatic carbocycles. The van der Waals surface area contributed by atoms with E-state index in [4.69, 9.17) is 4.74 Å². The Balaban J connectivity index is 2.29. The molecule has 120 valence electrons. The van der Waals surface area contributed by atoms with Gasteiger partial charge in [-0.15, -0.1) is 0 Å². The Morgan fingerprint density at radius 3 is 2.14 bits per heavy atom. The molecule has 0 aliphatic carbocycles. The molecule has 2 aromatic rings. The van der Waals surface area contributed by atoms with Gasteiger partial charge in [-0.05, 0) is 35.8 Å². The summed E-state index contributed by atoms with van der Waals surface area (Å²) in [4.78, 5) is 0. The molecule has 2 atom stereocenters. The van der Waals surface area contributed by atoms with E-state index in [0.717, 1.165) is 11.1 Å². The molecule has 0 saturated carbocycles. The molecule has 2 heteroatoms. The fourth-order valence-corrected chi connectivity index (χ4v) is 2.65. The summed E-state index contributed by atoms with van der Waals surface area (Å²) in [5.41, 5.74) is 1.26. The molecule has 0 fully saturated rings. The van der Waals surface area contributed by atoms with Crippen molar-refractivity contribution in [3.8, 4) is 5.75 Å². The van der Waals surface area contributed by atoms with Crippen molar-refractivity contribution in [3.05, 3.63) is 42.0 Å². The third kappa shape index (κ3) is 3.80. The zero-order valence-corrected chi connectivity index (χ0v) is 14.3. The summed E-state index contributed by atoms with van der Waals surface area (Å²) in [5.74, 6) is 1.52. The van der Waals surface area contributed by atoms with Gasteiger partial charge in [0.1, 0.15) is 11.9 Å². The molecule has 0 bridgehead atoms. The highest BCUT2D eigenvalue weighted by Crippen LogP contribution is 2.30. The molecule has 2 nitrogen and oxygen atoms in total. The van der Waals surface area contributed by atoms with Crippen molar-refractivity contribution < 1.29 is 9.84 Å². The number of hydrogen-bond donors (Lipinski definition) is 1. The maximum atomic E-state index is 10.2. The van der Waals surface area contributed by atoms with Crippen molar-refractivity contribution in [2.45, 2.75) is 53.2 Å². The molecule has 0 unspecified atom stereocenters. The second-order valence-electron chi connectivity index (χ2n) is 6.87. The van der Waals surface area contributed by atoms with Crippen molar-refractivity contribution in [2.75, 3.05) is 0 Å². The first-order chi connectivity index (χ1) is 10.4. The fraction of sp³-hybridized carbons (Fsp3) is 0.500. The number of fused-ring (bicyclic) bond motifs is 1. The Bertz CT molecular complexity index is 616. The second-order valence-corrected chi connectivity index (χ2v) is 6.87. The monoisotopic (exact) mass is 300 g/mol. The van der Waals surface area contributed by atoms with Crippen LogP contribution in [0.1, 0.15) is 39.7 Å². The van der Waals surface area contributed by atoms with Crippen LogP contribution in [-0.4, -0.2) is 17.3 Å². The van der Waals surface area contributed by atoms with E-state index in [0.29, 0.717) is 12.3 Å². The summed E-state index contributed by atoms with van der Waals surface area (Å²) in [5, 5.41) is 12.6. The zero-order valence-electron chi connectivity index (χ0n) is 14.3. The third-order valence-electron chi connectivity index (χ3n) is 4.37. The molecule has 0 heterocycles. The predicted molar refractivity (Wildman–Crippen MR) is 93.4 cm³/mol. The summed E-state index contributed by atoms with van der Waals surface area (Å²) in [6.45, 7) is 10.5. The molecule has 1 N–H and O–H groups in total. The summed E-state index contributed by atoms with van der Waals surface area (Å²) < 4.78 is 6.31. The van der Waals surface area contributed by atoms with Gasteiger partial charge in [-0.2, -0.15) is 0 Å². The van der Waals surface area contributed by atoms with Crippen molar-refractivity contribution >= 4 is 10.8 Å². The minimum absolute atomic E-state index is 0.0171. The van der Waals surface area contributed by atoms with Gasteiger partial charge in [-0.25, -0.2) is 0 Å². The van der Waals surface area contributed by atoms with Gasteiger partial charge < -0.3 is 9.84 Å². The maximum absolute atomic E-state index is 10.2. The van der Waals surface area contributed by atoms with Crippen LogP contribution in [0.5, 0.6) is 5.75 Å². The summed E-state index contributed by atoms with van der Waals surface area (Å²) in [6.07, 6.45) is 0.352. The normalized spacial score (nSPS) is 14.5. The Hall–Kier alpha value is -1.54. The Labute approximate surface area is 134 Å². The smallest absolute Gasteiger partial charge is 0.127 e. The van der Waals surface area contributed by atoms with Crippen LogP contribution < -0.4 is 4.74 Å². The van der Waals surface area contributed by atoms with E-state index < -0.39 is 0 Å². The second kappa shape index (κ2) is 7.15. The minimum Gasteiger partial charge on any atom is -0.489 e. The molecule has 0 aliphatic rings. The van der Waals surface area contributed by atoms with Crippen LogP contribution >= 0.6 is 0 Å². The van der Waals surface area contributed by atoms with E-state index in [1.807, 2.05) is 19.9 Å². The third-order valence-corrected chi connectivity index (χ3v) is 4.37. The number of ether oxygens (including phenoxy) is 1. The molecule has 0 aromatic heterocycles. The van der Waals surface area contributed by atoms with Gasteiger partial charge in [0, 0.05) is 11.8 Å². The average Bonchev–Trinajstić information content (AvgIpc) is 2.49. The van der Waals surface area contributed by atoms with E-state index in [1.165, 1.54) is 10.9 Å². The molecular formula is C20H28O2. The number of aliphatic hydroxyl groups excluding tert-OH is 1. The van der Waals surface area contributed by atoms with E-state index in [2.05, 4.69) is 51.1 Å². The molecule has 0 amide bonds. The molecule has 0 aliphatic heterocycles. The largest absolute Gasteiger partial charge is 0.489 e. The van der Waals surface area contributed by atoms with Crippen molar-refractivity contribution in [1.82, 2.24) is 0 Å². The minimum atomic E-state index is -0.330. The number of aliphatic hydroxyl groups is 1. The van der Waals surface area contributed by atoms with E-state index in [9.17, 15) is 5.11 Å². The SMILES string of the molecule is Cc1ccc(O[C@H](C[C@H](O)C(C)C)C(C)C)c2ccccc12. The van der Waals surface area contributed by atoms with Crippen LogP contribution in [0.4, 0.5) is 0 Å². The van der Waals surface area contributed by atoms with Crippen LogP contribution in [0.15, 0.2) is 36.4 Å². The van der Waals surface area contributed by atoms with E-state index >= 15 is 0 Å². The number of aryl methyl sites for hydroxylation is 1. The number of benzene rings is 2. The molecule has 0 spiro atoms. The Morgan fingerprint density at radius 1 is 0.909 bits per heavy atom. The molecule has 22 heavy (non-hydrogen) atoms. The zero-order chi connectivity index (χ0) is 16.3. The lowest BCUT2D eigenvalue weighted by Crippen LogP contribution is -2.30. The highest BCUT2D eigenvalue weighted by Gasteiger charge is 2.22. The lowest BCUT2D eigenvalue weighted by molar-refractivity contribution is 0.0461. The highest BCUT2D eigenvalue weighted by molar-refractivity contribution is 5.90. The van der Waals surface area contributed by atoms with E-state index in [1.54, 1.807) is 0 Å². The summed E-state index contributed by atoms with van der Waals surface area (Å²) >= 11 is 0. The molecule has 2 rings (SSSR count). The van der Waals surface area contributed by atoms with Crippen LogP contribution in [0.3, 0.4) is 0 Å². The van der Waals surface area contributed by atoms with Crippen LogP contribution in [-0.2, 0) is 0 Å². The van der Waals surface area contributed by atoms with Gasteiger partial charge in [0.05, 0.1) is 6.10 Å². The van der Waals surface area contributed by atoms with Crippen molar-refractivity contribution in [1.29, 1.82) is 0 Å². The Morgan fingerprint density at radius 2 is 1.55 bits per heavy atom. The first kappa shape index (κ1) is 16.8. The molecule has 0 saturated heterocycles. The van der Waals surface area contributed by atoms with Gasteiger partial charge in [0.25, 0.3) is 0 Å². The van der Waals surface area contributed by atoms with Crippen LogP contribution in [0.2, 0.25) is 0 Å². The van der Waals surface area contributed by atoms with Crippen molar-refractivity contribution in [3.63, 3.8) is 0 Å². The first-order valence-electron chi connectivity index (χ1n) is 8.23. The average molecular weight is 300 g/mol. The van der Waals surface area contributed by atoms with Gasteiger partial charge in [-0.1, -0.05) is 58.0 Å². The number of hydrogen-bond acceptors (Lipinski definition) is 2. The summed E-state index contributed by atoms with van der Waals surface area (Å²) in [7, 11) is 0. The van der Waals surface area contributed by atoms with Gasteiger partial charge in [0.2, 0.25) is 0 Å². The van der Waals surface area contributed by atoms with Crippen molar-refractivity contribution in [2.24, 2.45) is 11.8 Å². The van der Waals surface area contributed by atoms with Gasteiger partial charge >= 0.3 is 0 Å². The van der Waals surface area contributed by atoms with E-state index in [-0.39, 0.29) is 18.1 Å². The topological polar surface area (TPSA) is 29.5 Å². The number of rotatable bonds is 6. The van der Waals surface area contributed by atoms with Gasteiger partial charge in [-0.3, -0.25) is 0 Å². The quantitative estimate of drug-likeness (QED) is 0.817. The Kier molecular flexibility index (Phi) is 5.47. The highest BCUT2D eigenvalue weighted by atomic mass is 16.5. The van der Waals surface area contributed by atoms with Crippen LogP contribution in [0, 0.1) is 18.8 Å². The standard InChI is InChI=1S/C20H28O2/c1-13(2)18(21)12-20(14(3)4)22-19-11-10-15(5)16-8-6-7-9-17(16)19/h6-11,13-14,18,20-21H,12H2,1-5H3/t18-,20+/m0/s1. The molecule has 0 radical (unpaired) electrons. The summed E-state index contributed by atoms with van der Waals surface area (Å²) in [6, 6.07) is 12.5. The lowest BCUT2D eigenvalue weighted by atomic mass is 9.95. The molecular weight excluding hydrogens is 272 g/mol.